The molecule has 0 bridgehead atoms. The summed E-state index contributed by atoms with van der Waals surface area (Å²) >= 11 is 1.24. The molecule has 7 nitrogen and oxygen atoms in total. The predicted molar refractivity (Wildman–Crippen MR) is 83.2 cm³/mol. The molecular weight excluding hydrogens is 292 g/mol. The number of thiophene rings is 1. The number of anilines is 2. The molecule has 2 heterocycles. The van der Waals surface area contributed by atoms with Crippen LogP contribution in [-0.4, -0.2) is 51.7 Å². The Morgan fingerprint density at radius 2 is 2.10 bits per heavy atom. The molecule has 8 heteroatoms. The lowest BCUT2D eigenvalue weighted by atomic mass is 10.2. The molecule has 0 atom stereocenters. The van der Waals surface area contributed by atoms with Gasteiger partial charge in [0.1, 0.15) is 15.4 Å². The van der Waals surface area contributed by atoms with Crippen LogP contribution in [0.15, 0.2) is 0 Å². The zero-order valence-electron chi connectivity index (χ0n) is 12.2. The quantitative estimate of drug-likeness (QED) is 0.691. The highest BCUT2D eigenvalue weighted by molar-refractivity contribution is 7.19. The first-order valence-electron chi connectivity index (χ1n) is 6.84. The predicted octanol–water partition coefficient (Wildman–Crippen LogP) is 0.276. The number of nitrogens with one attached hydrogen (secondary N) is 2. The van der Waals surface area contributed by atoms with E-state index in [1.165, 1.54) is 18.4 Å². The summed E-state index contributed by atoms with van der Waals surface area (Å²) < 4.78 is 4.82. The zero-order valence-corrected chi connectivity index (χ0v) is 13.0. The molecule has 2 rings (SSSR count). The number of piperazine rings is 1. The third-order valence-electron chi connectivity index (χ3n) is 3.26. The lowest BCUT2D eigenvalue weighted by molar-refractivity contribution is 0.0603. The van der Waals surface area contributed by atoms with Crippen LogP contribution in [0.2, 0.25) is 0 Å². The van der Waals surface area contributed by atoms with E-state index in [0.717, 1.165) is 26.2 Å². The van der Waals surface area contributed by atoms with E-state index >= 15 is 0 Å². The summed E-state index contributed by atoms with van der Waals surface area (Å²) in [4.78, 5) is 26.5. The molecule has 0 saturated carbocycles. The molecule has 1 aliphatic rings. The molecule has 1 aliphatic heterocycles. The fourth-order valence-electron chi connectivity index (χ4n) is 2.23. The fraction of sp³-hybridized carbons (Fsp3) is 0.538. The first kappa shape index (κ1) is 15.6. The van der Waals surface area contributed by atoms with Crippen molar-refractivity contribution in [3.63, 3.8) is 0 Å². The number of esters is 1. The third kappa shape index (κ3) is 3.11. The van der Waals surface area contributed by atoms with Gasteiger partial charge in [0.15, 0.2) is 0 Å². The van der Waals surface area contributed by atoms with Gasteiger partial charge in [0.25, 0.3) is 5.91 Å². The summed E-state index contributed by atoms with van der Waals surface area (Å²) in [6, 6.07) is 0. The normalized spacial score (nSPS) is 14.9. The molecule has 4 N–H and O–H groups in total. The van der Waals surface area contributed by atoms with Gasteiger partial charge in [-0.2, -0.15) is 0 Å². The summed E-state index contributed by atoms with van der Waals surface area (Å²) in [6.45, 7) is 5.52. The van der Waals surface area contributed by atoms with Crippen molar-refractivity contribution in [1.82, 2.24) is 10.6 Å². The molecule has 1 aromatic heterocycles. The molecule has 0 aromatic carbocycles. The molecule has 0 spiro atoms. The Kier molecular flexibility index (Phi) is 5.03. The van der Waals surface area contributed by atoms with Gasteiger partial charge in [0, 0.05) is 32.7 Å². The summed E-state index contributed by atoms with van der Waals surface area (Å²) in [5, 5.41) is 6.67. The Morgan fingerprint density at radius 1 is 1.43 bits per heavy atom. The first-order chi connectivity index (χ1) is 10.1. The smallest absolute Gasteiger partial charge is 0.343 e. The van der Waals surface area contributed by atoms with Crippen LogP contribution in [0.1, 0.15) is 27.0 Å². The number of nitrogens with zero attached hydrogens (tertiary/aromatic N) is 1. The van der Waals surface area contributed by atoms with Gasteiger partial charge >= 0.3 is 5.97 Å². The van der Waals surface area contributed by atoms with E-state index in [2.05, 4.69) is 15.5 Å². The number of nitrogen functional groups attached to an aromatic ring is 1. The van der Waals surface area contributed by atoms with Crippen LogP contribution in [0.3, 0.4) is 0 Å². The lowest BCUT2D eigenvalue weighted by Crippen LogP contribution is -2.43. The maximum Gasteiger partial charge on any atom is 0.343 e. The molecule has 1 fully saturated rings. The van der Waals surface area contributed by atoms with Crippen LogP contribution in [0, 0.1) is 0 Å². The topological polar surface area (TPSA) is 96.7 Å². The van der Waals surface area contributed by atoms with E-state index in [0.29, 0.717) is 22.0 Å². The summed E-state index contributed by atoms with van der Waals surface area (Å²) in [5.74, 6) is -0.764. The van der Waals surface area contributed by atoms with Gasteiger partial charge in [-0.1, -0.05) is 0 Å². The molecule has 0 aliphatic carbocycles. The monoisotopic (exact) mass is 312 g/mol. The van der Waals surface area contributed by atoms with Crippen LogP contribution in [0.5, 0.6) is 0 Å². The van der Waals surface area contributed by atoms with Crippen molar-refractivity contribution in [1.29, 1.82) is 0 Å². The number of carbonyl (C=O) groups excluding carboxylic acids is 2. The Bertz CT molecular complexity index is 538. The minimum atomic E-state index is -0.507. The van der Waals surface area contributed by atoms with E-state index in [1.807, 2.05) is 6.92 Å². The molecule has 1 amide bonds. The Hall–Kier alpha value is -1.80. The minimum Gasteiger partial charge on any atom is -0.465 e. The van der Waals surface area contributed by atoms with Crippen molar-refractivity contribution in [3.05, 3.63) is 10.4 Å². The molecule has 0 radical (unpaired) electrons. The lowest BCUT2D eigenvalue weighted by Gasteiger charge is -2.28. The molecule has 21 heavy (non-hydrogen) atoms. The van der Waals surface area contributed by atoms with E-state index in [9.17, 15) is 9.59 Å². The summed E-state index contributed by atoms with van der Waals surface area (Å²) in [6.07, 6.45) is 0. The second-order valence-electron chi connectivity index (χ2n) is 4.61. The number of ether oxygens (including phenoxy) is 1. The standard InChI is InChI=1S/C13H20N4O3S/c1-3-16-11(18)10-9(14)8(13(19)20-2)12(21-10)17-6-4-15-5-7-17/h15H,3-7,14H2,1-2H3,(H,16,18). The Morgan fingerprint density at radius 3 is 2.67 bits per heavy atom. The number of nitrogens with two attached hydrogens (primary N) is 1. The van der Waals surface area contributed by atoms with Gasteiger partial charge in [-0.05, 0) is 6.92 Å². The molecule has 1 aromatic rings. The highest BCUT2D eigenvalue weighted by Gasteiger charge is 2.29. The van der Waals surface area contributed by atoms with Gasteiger partial charge in [-0.15, -0.1) is 11.3 Å². The maximum absolute atomic E-state index is 12.1. The van der Waals surface area contributed by atoms with E-state index in [1.54, 1.807) is 0 Å². The summed E-state index contributed by atoms with van der Waals surface area (Å²) in [5.41, 5.74) is 6.52. The zero-order chi connectivity index (χ0) is 15.4. The number of hydrogen-bond acceptors (Lipinski definition) is 7. The van der Waals surface area contributed by atoms with E-state index in [4.69, 9.17) is 10.5 Å². The van der Waals surface area contributed by atoms with Crippen LogP contribution < -0.4 is 21.3 Å². The first-order valence-corrected chi connectivity index (χ1v) is 7.66. The van der Waals surface area contributed by atoms with Crippen molar-refractivity contribution < 1.29 is 14.3 Å². The maximum atomic E-state index is 12.1. The van der Waals surface area contributed by atoms with Crippen molar-refractivity contribution in [2.24, 2.45) is 0 Å². The number of hydrogen-bond donors (Lipinski definition) is 3. The SMILES string of the molecule is CCNC(=O)c1sc(N2CCNCC2)c(C(=O)OC)c1N. The van der Waals surface area contributed by atoms with Crippen LogP contribution >= 0.6 is 11.3 Å². The van der Waals surface area contributed by atoms with Crippen molar-refractivity contribution in [2.45, 2.75) is 6.92 Å². The fourth-order valence-corrected chi connectivity index (χ4v) is 3.41. The van der Waals surface area contributed by atoms with Crippen LogP contribution in [-0.2, 0) is 4.74 Å². The van der Waals surface area contributed by atoms with Crippen LogP contribution in [0.25, 0.3) is 0 Å². The number of rotatable bonds is 4. The molecule has 0 unspecified atom stereocenters. The third-order valence-corrected chi connectivity index (χ3v) is 4.53. The molecule has 1 saturated heterocycles. The largest absolute Gasteiger partial charge is 0.465 e. The van der Waals surface area contributed by atoms with E-state index < -0.39 is 5.97 Å². The van der Waals surface area contributed by atoms with Gasteiger partial charge in [-0.3, -0.25) is 4.79 Å². The second kappa shape index (κ2) is 6.77. The van der Waals surface area contributed by atoms with E-state index in [-0.39, 0.29) is 11.6 Å². The Labute approximate surface area is 127 Å². The average molecular weight is 312 g/mol. The van der Waals surface area contributed by atoms with Gasteiger partial charge in [0.2, 0.25) is 0 Å². The van der Waals surface area contributed by atoms with Crippen molar-refractivity contribution in [3.8, 4) is 0 Å². The van der Waals surface area contributed by atoms with Crippen molar-refractivity contribution in [2.75, 3.05) is 50.5 Å². The van der Waals surface area contributed by atoms with Crippen LogP contribution in [0.4, 0.5) is 10.7 Å². The highest BCUT2D eigenvalue weighted by Crippen LogP contribution is 2.38. The minimum absolute atomic E-state index is 0.200. The highest BCUT2D eigenvalue weighted by atomic mass is 32.1. The summed E-state index contributed by atoms with van der Waals surface area (Å²) in [7, 11) is 1.31. The molecule has 116 valence electrons. The van der Waals surface area contributed by atoms with Gasteiger partial charge in [0.05, 0.1) is 12.8 Å². The molecular formula is C13H20N4O3S. The number of methoxy groups -OCH3 is 1. The van der Waals surface area contributed by atoms with Gasteiger partial charge in [-0.25, -0.2) is 4.79 Å². The Balaban J connectivity index is 2.43. The number of carbonyl (C=O) groups is 2. The average Bonchev–Trinajstić information content (AvgIpc) is 2.85. The second-order valence-corrected chi connectivity index (χ2v) is 5.61. The number of amides is 1. The van der Waals surface area contributed by atoms with Gasteiger partial charge < -0.3 is 26.0 Å². The van der Waals surface area contributed by atoms with Crippen molar-refractivity contribution >= 4 is 33.9 Å².